The van der Waals surface area contributed by atoms with Gasteiger partial charge in [0, 0.05) is 49.7 Å². The highest BCUT2D eigenvalue weighted by Gasteiger charge is 2.39. The summed E-state index contributed by atoms with van der Waals surface area (Å²) < 4.78 is 29.9. The van der Waals surface area contributed by atoms with Gasteiger partial charge in [0.25, 0.3) is 17.4 Å². The molecule has 11 heteroatoms. The first-order valence-corrected chi connectivity index (χ1v) is 11.9. The molecule has 1 saturated heterocycles. The fourth-order valence-electron chi connectivity index (χ4n) is 4.51. The van der Waals surface area contributed by atoms with Crippen LogP contribution in [0.4, 0.5) is 8.78 Å². The number of amides is 2. The van der Waals surface area contributed by atoms with Crippen molar-refractivity contribution in [1.82, 2.24) is 24.4 Å². The van der Waals surface area contributed by atoms with Gasteiger partial charge in [-0.1, -0.05) is 13.8 Å². The highest BCUT2D eigenvalue weighted by atomic mass is 19.3. The molecule has 1 atom stereocenters. The average Bonchev–Trinajstić information content (AvgIpc) is 3.49. The lowest BCUT2D eigenvalue weighted by atomic mass is 9.99. The molecular formula is C24H31F2N5O4. The van der Waals surface area contributed by atoms with Crippen LogP contribution in [0.3, 0.4) is 0 Å². The van der Waals surface area contributed by atoms with E-state index in [9.17, 15) is 28.3 Å². The van der Waals surface area contributed by atoms with E-state index in [4.69, 9.17) is 0 Å². The van der Waals surface area contributed by atoms with Crippen molar-refractivity contribution in [2.45, 2.75) is 77.9 Å². The van der Waals surface area contributed by atoms with Crippen LogP contribution in [0.15, 0.2) is 10.9 Å². The Bertz CT molecular complexity index is 1260. The second kappa shape index (κ2) is 9.09. The van der Waals surface area contributed by atoms with Gasteiger partial charge in [0.15, 0.2) is 5.56 Å². The van der Waals surface area contributed by atoms with Crippen molar-refractivity contribution in [2.24, 2.45) is 5.92 Å². The van der Waals surface area contributed by atoms with Gasteiger partial charge >= 0.3 is 0 Å². The van der Waals surface area contributed by atoms with Gasteiger partial charge in [-0.15, -0.1) is 0 Å². The number of aryl methyl sites for hydroxylation is 1. The number of carbonyl (C=O) groups is 2. The third-order valence-electron chi connectivity index (χ3n) is 6.43. The van der Waals surface area contributed by atoms with Gasteiger partial charge in [0.1, 0.15) is 5.65 Å². The number of rotatable bonds is 6. The maximum atomic E-state index is 13.7. The first-order chi connectivity index (χ1) is 16.4. The number of nitrogens with zero attached hydrogens (tertiary/aromatic N) is 4. The van der Waals surface area contributed by atoms with E-state index in [2.05, 4.69) is 10.4 Å². The summed E-state index contributed by atoms with van der Waals surface area (Å²) in [6.45, 7) is 7.28. The van der Waals surface area contributed by atoms with Crippen LogP contribution in [-0.4, -0.2) is 60.6 Å². The quantitative estimate of drug-likeness (QED) is 0.604. The van der Waals surface area contributed by atoms with Crippen molar-refractivity contribution in [3.63, 3.8) is 0 Å². The molecule has 3 heterocycles. The van der Waals surface area contributed by atoms with Crippen molar-refractivity contribution < 1.29 is 23.5 Å². The number of piperidine rings is 1. The number of hydrogen-bond donors (Lipinski definition) is 2. The van der Waals surface area contributed by atoms with Crippen LogP contribution in [0, 0.1) is 12.8 Å². The lowest BCUT2D eigenvalue weighted by molar-refractivity contribution is -0.136. The molecule has 0 radical (unpaired) electrons. The third kappa shape index (κ3) is 4.94. The first-order valence-electron chi connectivity index (χ1n) is 11.9. The maximum Gasteiger partial charge on any atom is 0.270 e. The van der Waals surface area contributed by atoms with E-state index in [1.807, 2.05) is 13.8 Å². The second-order valence-electron chi connectivity index (χ2n) is 10.0. The SMILES string of the molecule is Cc1nn2c(O)c(C(=O)NC3CC3)c(=O)n(CC(C)C)c2c1C=CC(=O)N1CCC(F)(F)CC1C. The molecule has 1 saturated carbocycles. The highest BCUT2D eigenvalue weighted by molar-refractivity contribution is 5.97. The minimum atomic E-state index is -2.78. The number of carbonyl (C=O) groups excluding carboxylic acids is 2. The van der Waals surface area contributed by atoms with Gasteiger partial charge in [0.05, 0.1) is 5.69 Å². The first kappa shape index (κ1) is 24.9. The number of aromatic nitrogens is 3. The largest absolute Gasteiger partial charge is 0.492 e. The minimum absolute atomic E-state index is 0.00320. The lowest BCUT2D eigenvalue weighted by Crippen LogP contribution is -2.47. The summed E-state index contributed by atoms with van der Waals surface area (Å²) in [7, 11) is 0. The molecule has 2 fully saturated rings. The Hall–Kier alpha value is -3.24. The van der Waals surface area contributed by atoms with E-state index in [1.165, 1.54) is 21.6 Å². The van der Waals surface area contributed by atoms with Crippen molar-refractivity contribution >= 4 is 23.5 Å². The molecule has 2 amide bonds. The Morgan fingerprint density at radius 3 is 2.60 bits per heavy atom. The van der Waals surface area contributed by atoms with Crippen LogP contribution in [0.25, 0.3) is 11.7 Å². The summed E-state index contributed by atoms with van der Waals surface area (Å²) in [6.07, 6.45) is 3.63. The zero-order chi connectivity index (χ0) is 25.7. The van der Waals surface area contributed by atoms with Crippen LogP contribution in [-0.2, 0) is 11.3 Å². The summed E-state index contributed by atoms with van der Waals surface area (Å²) in [5.41, 5.74) is 0.0931. The van der Waals surface area contributed by atoms with Crippen LogP contribution in [0.2, 0.25) is 0 Å². The third-order valence-corrected chi connectivity index (χ3v) is 6.43. The minimum Gasteiger partial charge on any atom is -0.492 e. The predicted octanol–water partition coefficient (Wildman–Crippen LogP) is 2.72. The Labute approximate surface area is 201 Å². The molecule has 1 unspecified atom stereocenters. The van der Waals surface area contributed by atoms with Crippen LogP contribution < -0.4 is 10.9 Å². The van der Waals surface area contributed by atoms with E-state index < -0.39 is 41.6 Å². The highest BCUT2D eigenvalue weighted by Crippen LogP contribution is 2.32. The number of alkyl halides is 2. The standard InChI is InChI=1S/C24H31F2N5O4/c1-13(2)12-30-21-17(7-8-18(32)29-10-9-24(25,26)11-14(29)3)15(4)28-31(21)23(35)19(22(30)34)20(33)27-16-5-6-16/h7-8,13-14,16,35H,5-6,9-12H2,1-4H3,(H,27,33). The predicted molar refractivity (Wildman–Crippen MR) is 126 cm³/mol. The Kier molecular flexibility index (Phi) is 6.46. The smallest absolute Gasteiger partial charge is 0.270 e. The molecule has 0 bridgehead atoms. The molecule has 0 spiro atoms. The molecule has 35 heavy (non-hydrogen) atoms. The van der Waals surface area contributed by atoms with E-state index in [1.54, 1.807) is 13.8 Å². The summed E-state index contributed by atoms with van der Waals surface area (Å²) in [5, 5.41) is 17.9. The van der Waals surface area contributed by atoms with Crippen molar-refractivity contribution in [3.8, 4) is 5.88 Å². The summed E-state index contributed by atoms with van der Waals surface area (Å²) >= 11 is 0. The fourth-order valence-corrected chi connectivity index (χ4v) is 4.51. The van der Waals surface area contributed by atoms with E-state index in [0.29, 0.717) is 11.3 Å². The van der Waals surface area contributed by atoms with Crippen LogP contribution in [0.1, 0.15) is 68.1 Å². The maximum absolute atomic E-state index is 13.7. The number of nitrogens with one attached hydrogen (secondary N) is 1. The topological polar surface area (TPSA) is 109 Å². The number of likely N-dealkylation sites (tertiary alicyclic amines) is 1. The fraction of sp³-hybridized carbons (Fsp3) is 0.583. The van der Waals surface area contributed by atoms with Gasteiger partial charge < -0.3 is 15.3 Å². The summed E-state index contributed by atoms with van der Waals surface area (Å²) in [5.74, 6) is -4.39. The Morgan fingerprint density at radius 1 is 1.31 bits per heavy atom. The molecule has 9 nitrogen and oxygen atoms in total. The molecule has 1 aliphatic carbocycles. The van der Waals surface area contributed by atoms with E-state index in [-0.39, 0.29) is 42.7 Å². The van der Waals surface area contributed by atoms with Gasteiger partial charge in [-0.2, -0.15) is 9.61 Å². The Balaban J connectivity index is 1.76. The van der Waals surface area contributed by atoms with E-state index >= 15 is 0 Å². The molecule has 2 aromatic heterocycles. The molecule has 2 N–H and O–H groups in total. The second-order valence-corrected chi connectivity index (χ2v) is 10.0. The molecule has 190 valence electrons. The number of aromatic hydroxyl groups is 1. The summed E-state index contributed by atoms with van der Waals surface area (Å²) in [6, 6.07) is -0.617. The number of fused-ring (bicyclic) bond motifs is 1. The normalized spacial score (nSPS) is 20.2. The van der Waals surface area contributed by atoms with Crippen molar-refractivity contribution in [2.75, 3.05) is 6.54 Å². The lowest BCUT2D eigenvalue weighted by Gasteiger charge is -2.36. The molecule has 1 aliphatic heterocycles. The molecule has 0 aromatic carbocycles. The van der Waals surface area contributed by atoms with Crippen molar-refractivity contribution in [1.29, 1.82) is 0 Å². The summed E-state index contributed by atoms with van der Waals surface area (Å²) in [4.78, 5) is 40.3. The van der Waals surface area contributed by atoms with Gasteiger partial charge in [-0.3, -0.25) is 19.0 Å². The van der Waals surface area contributed by atoms with Crippen molar-refractivity contribution in [3.05, 3.63) is 33.3 Å². The zero-order valence-corrected chi connectivity index (χ0v) is 20.3. The van der Waals surface area contributed by atoms with Gasteiger partial charge in [-0.25, -0.2) is 8.78 Å². The number of halogens is 2. The zero-order valence-electron chi connectivity index (χ0n) is 20.3. The van der Waals surface area contributed by atoms with Gasteiger partial charge in [-0.05, 0) is 38.7 Å². The monoisotopic (exact) mass is 491 g/mol. The molecular weight excluding hydrogens is 460 g/mol. The van der Waals surface area contributed by atoms with Crippen LogP contribution in [0.5, 0.6) is 5.88 Å². The average molecular weight is 492 g/mol. The van der Waals surface area contributed by atoms with Crippen LogP contribution >= 0.6 is 0 Å². The van der Waals surface area contributed by atoms with Gasteiger partial charge in [0.2, 0.25) is 11.8 Å². The van der Waals surface area contributed by atoms with E-state index in [0.717, 1.165) is 17.4 Å². The number of hydrogen-bond acceptors (Lipinski definition) is 5. The molecule has 2 aromatic rings. The molecule has 2 aliphatic rings. The Morgan fingerprint density at radius 2 is 2.00 bits per heavy atom. The molecule has 4 rings (SSSR count).